The zero-order valence-corrected chi connectivity index (χ0v) is 19.2. The van der Waals surface area contributed by atoms with Crippen LogP contribution in [0.15, 0.2) is 42.5 Å². The standard InChI is InChI=1S/C25H22ClF2NO5/c1-3-14(24(31)32)13-9-10-19(18(26)11-13)29-12-17-20(23(29)30)22(33-4-2)16-8-6-5-7-15(16)21(17)34-25(27)28/h5-11,14,25H,3-4,12H2,1-2H3,(H,31,32). The van der Waals surface area contributed by atoms with Crippen LogP contribution < -0.4 is 14.4 Å². The van der Waals surface area contributed by atoms with E-state index in [9.17, 15) is 23.5 Å². The summed E-state index contributed by atoms with van der Waals surface area (Å²) in [5.74, 6) is -1.96. The van der Waals surface area contributed by atoms with Crippen molar-refractivity contribution in [1.82, 2.24) is 0 Å². The molecule has 1 amide bonds. The van der Waals surface area contributed by atoms with Gasteiger partial charge in [0.2, 0.25) is 0 Å². The molecule has 3 aromatic carbocycles. The normalized spacial score (nSPS) is 13.9. The SMILES string of the molecule is CCOc1c2c(c(OC(F)F)c3ccccc13)CN(c1ccc(C(CC)C(=O)O)cc1Cl)C2=O. The highest BCUT2D eigenvalue weighted by atomic mass is 35.5. The van der Waals surface area contributed by atoms with Crippen molar-refractivity contribution in [3.63, 3.8) is 0 Å². The fourth-order valence-electron chi connectivity index (χ4n) is 4.39. The van der Waals surface area contributed by atoms with Crippen molar-refractivity contribution in [1.29, 1.82) is 0 Å². The Morgan fingerprint density at radius 2 is 1.82 bits per heavy atom. The smallest absolute Gasteiger partial charge is 0.387 e. The Bertz CT molecular complexity index is 1280. The number of hydrogen-bond acceptors (Lipinski definition) is 4. The number of fused-ring (bicyclic) bond motifs is 2. The number of halogens is 3. The molecule has 0 radical (unpaired) electrons. The second-order valence-electron chi connectivity index (χ2n) is 7.77. The van der Waals surface area contributed by atoms with Crippen molar-refractivity contribution in [2.75, 3.05) is 11.5 Å². The van der Waals surface area contributed by atoms with Crippen LogP contribution in [0.2, 0.25) is 5.02 Å². The first-order valence-corrected chi connectivity index (χ1v) is 11.2. The predicted octanol–water partition coefficient (Wildman–Crippen LogP) is 6.23. The van der Waals surface area contributed by atoms with Gasteiger partial charge in [0, 0.05) is 16.3 Å². The zero-order chi connectivity index (χ0) is 24.6. The maximum atomic E-state index is 13.6. The fraction of sp³-hybridized carbons (Fsp3) is 0.280. The number of ether oxygens (including phenoxy) is 2. The Labute approximate surface area is 199 Å². The summed E-state index contributed by atoms with van der Waals surface area (Å²) in [6.45, 7) is 0.646. The van der Waals surface area contributed by atoms with E-state index in [2.05, 4.69) is 0 Å². The first kappa shape index (κ1) is 23.8. The molecule has 0 saturated carbocycles. The van der Waals surface area contributed by atoms with E-state index in [-0.39, 0.29) is 35.1 Å². The average Bonchev–Trinajstić information content (AvgIpc) is 3.13. The molecule has 34 heavy (non-hydrogen) atoms. The summed E-state index contributed by atoms with van der Waals surface area (Å²) in [7, 11) is 0. The van der Waals surface area contributed by atoms with E-state index < -0.39 is 24.4 Å². The van der Waals surface area contributed by atoms with Crippen molar-refractivity contribution in [3.8, 4) is 11.5 Å². The van der Waals surface area contributed by atoms with Crippen molar-refractivity contribution < 1.29 is 33.0 Å². The van der Waals surface area contributed by atoms with Gasteiger partial charge < -0.3 is 19.5 Å². The number of carboxylic acids is 1. The molecule has 3 aromatic rings. The highest BCUT2D eigenvalue weighted by Gasteiger charge is 2.38. The molecule has 1 N–H and O–H groups in total. The number of amides is 1. The molecule has 1 aliphatic rings. The summed E-state index contributed by atoms with van der Waals surface area (Å²) in [4.78, 5) is 26.4. The average molecular weight is 490 g/mol. The van der Waals surface area contributed by atoms with Gasteiger partial charge in [0.25, 0.3) is 5.91 Å². The van der Waals surface area contributed by atoms with Gasteiger partial charge in [-0.25, -0.2) is 0 Å². The molecule has 4 rings (SSSR count). The number of nitrogens with zero attached hydrogens (tertiary/aromatic N) is 1. The lowest BCUT2D eigenvalue weighted by molar-refractivity contribution is -0.138. The van der Waals surface area contributed by atoms with Gasteiger partial charge in [-0.1, -0.05) is 48.9 Å². The first-order valence-electron chi connectivity index (χ1n) is 10.8. The molecule has 178 valence electrons. The minimum Gasteiger partial charge on any atom is -0.492 e. The molecule has 0 spiro atoms. The summed E-state index contributed by atoms with van der Waals surface area (Å²) in [6, 6.07) is 11.4. The predicted molar refractivity (Wildman–Crippen MR) is 124 cm³/mol. The Morgan fingerprint density at radius 3 is 2.38 bits per heavy atom. The van der Waals surface area contributed by atoms with Crippen molar-refractivity contribution >= 4 is 39.9 Å². The van der Waals surface area contributed by atoms with Crippen molar-refractivity contribution in [2.45, 2.75) is 39.3 Å². The fourth-order valence-corrected chi connectivity index (χ4v) is 4.68. The third kappa shape index (κ3) is 4.03. The molecular formula is C25H22ClF2NO5. The maximum Gasteiger partial charge on any atom is 0.387 e. The van der Waals surface area contributed by atoms with Crippen LogP contribution in [0.3, 0.4) is 0 Å². The van der Waals surface area contributed by atoms with Gasteiger partial charge in [-0.05, 0) is 31.0 Å². The first-order chi connectivity index (χ1) is 16.3. The minimum absolute atomic E-state index is 0.0592. The second-order valence-corrected chi connectivity index (χ2v) is 8.18. The lowest BCUT2D eigenvalue weighted by Gasteiger charge is -2.19. The van der Waals surface area contributed by atoms with Crippen LogP contribution >= 0.6 is 11.6 Å². The summed E-state index contributed by atoms with van der Waals surface area (Å²) < 4.78 is 37.4. The summed E-state index contributed by atoms with van der Waals surface area (Å²) in [5, 5.41) is 10.5. The lowest BCUT2D eigenvalue weighted by atomic mass is 9.96. The molecule has 0 saturated heterocycles. The van der Waals surface area contributed by atoms with E-state index in [0.29, 0.717) is 34.2 Å². The molecule has 1 aliphatic heterocycles. The number of benzene rings is 3. The molecule has 0 fully saturated rings. The monoisotopic (exact) mass is 489 g/mol. The molecule has 1 atom stereocenters. The van der Waals surface area contributed by atoms with E-state index in [1.807, 2.05) is 0 Å². The van der Waals surface area contributed by atoms with E-state index in [4.69, 9.17) is 21.1 Å². The molecular weight excluding hydrogens is 468 g/mol. The Balaban J connectivity index is 1.86. The number of carbonyl (C=O) groups is 2. The van der Waals surface area contributed by atoms with Crippen LogP contribution in [-0.4, -0.2) is 30.2 Å². The van der Waals surface area contributed by atoms with Crippen molar-refractivity contribution in [2.24, 2.45) is 0 Å². The highest BCUT2D eigenvalue weighted by molar-refractivity contribution is 6.34. The lowest BCUT2D eigenvalue weighted by Crippen LogP contribution is -2.24. The number of rotatable bonds is 8. The minimum atomic E-state index is -3.08. The maximum absolute atomic E-state index is 13.6. The molecule has 0 bridgehead atoms. The van der Waals surface area contributed by atoms with E-state index >= 15 is 0 Å². The number of carboxylic acid groups (broad SMARTS) is 1. The summed E-state index contributed by atoms with van der Waals surface area (Å²) in [5.41, 5.74) is 1.27. The number of anilines is 1. The number of hydrogen-bond donors (Lipinski definition) is 1. The summed E-state index contributed by atoms with van der Waals surface area (Å²) >= 11 is 6.48. The Hall–Kier alpha value is -3.39. The molecule has 1 heterocycles. The zero-order valence-electron chi connectivity index (χ0n) is 18.5. The molecule has 9 heteroatoms. The topological polar surface area (TPSA) is 76.1 Å². The van der Waals surface area contributed by atoms with Crippen LogP contribution in [0, 0.1) is 0 Å². The van der Waals surface area contributed by atoms with Crippen molar-refractivity contribution in [3.05, 3.63) is 64.2 Å². The Kier molecular flexibility index (Phi) is 6.61. The molecule has 0 aliphatic carbocycles. The van der Waals surface area contributed by atoms with Gasteiger partial charge in [-0.2, -0.15) is 8.78 Å². The number of carbonyl (C=O) groups excluding carboxylic acids is 1. The van der Waals surface area contributed by atoms with Crippen LogP contribution in [0.4, 0.5) is 14.5 Å². The van der Waals surface area contributed by atoms with Gasteiger partial charge in [0.1, 0.15) is 11.5 Å². The van der Waals surface area contributed by atoms with Crippen LogP contribution in [0.25, 0.3) is 10.8 Å². The summed E-state index contributed by atoms with van der Waals surface area (Å²) in [6.07, 6.45) is 0.373. The third-order valence-corrected chi connectivity index (χ3v) is 6.16. The van der Waals surface area contributed by atoms with E-state index in [0.717, 1.165) is 0 Å². The molecule has 1 unspecified atom stereocenters. The van der Waals surface area contributed by atoms with Crippen LogP contribution in [-0.2, 0) is 11.3 Å². The van der Waals surface area contributed by atoms with Gasteiger partial charge in [-0.3, -0.25) is 9.59 Å². The number of alkyl halides is 2. The third-order valence-electron chi connectivity index (χ3n) is 5.86. The van der Waals surface area contributed by atoms with E-state index in [1.54, 1.807) is 50.2 Å². The largest absolute Gasteiger partial charge is 0.492 e. The Morgan fingerprint density at radius 1 is 1.15 bits per heavy atom. The quantitative estimate of drug-likeness (QED) is 0.406. The van der Waals surface area contributed by atoms with Crippen LogP contribution in [0.5, 0.6) is 11.5 Å². The molecule has 6 nitrogen and oxygen atoms in total. The van der Waals surface area contributed by atoms with Gasteiger partial charge in [-0.15, -0.1) is 0 Å². The number of aliphatic carboxylic acids is 1. The van der Waals surface area contributed by atoms with Gasteiger partial charge in [0.05, 0.1) is 35.3 Å². The van der Waals surface area contributed by atoms with Crippen LogP contribution in [0.1, 0.15) is 47.7 Å². The van der Waals surface area contributed by atoms with Gasteiger partial charge in [0.15, 0.2) is 0 Å². The van der Waals surface area contributed by atoms with E-state index in [1.165, 1.54) is 11.0 Å². The van der Waals surface area contributed by atoms with Gasteiger partial charge >= 0.3 is 12.6 Å². The molecule has 0 aromatic heterocycles. The second kappa shape index (κ2) is 9.46. The highest BCUT2D eigenvalue weighted by Crippen LogP contribution is 2.47.